The van der Waals surface area contributed by atoms with Crippen LogP contribution in [0.3, 0.4) is 0 Å². The molecule has 0 aromatic heterocycles. The van der Waals surface area contributed by atoms with Gasteiger partial charge >= 0.3 is 0 Å². The van der Waals surface area contributed by atoms with Crippen LogP contribution in [0.5, 0.6) is 0 Å². The average Bonchev–Trinajstić information content (AvgIpc) is 2.03. The number of rotatable bonds is 3. The topological polar surface area (TPSA) is 17.1 Å². The summed E-state index contributed by atoms with van der Waals surface area (Å²) >= 11 is 0. The number of carbonyl (C=O) groups excluding carboxylic acids is 1. The van der Waals surface area contributed by atoms with E-state index in [0.717, 1.165) is 19.3 Å². The van der Waals surface area contributed by atoms with Crippen molar-refractivity contribution in [3.05, 3.63) is 0 Å². The number of hydrogen-bond donors (Lipinski definition) is 0. The molecule has 0 aromatic carbocycles. The highest BCUT2D eigenvalue weighted by Crippen LogP contribution is 2.28. The highest BCUT2D eigenvalue weighted by atomic mass is 16.1. The van der Waals surface area contributed by atoms with E-state index in [1.165, 1.54) is 19.3 Å². The maximum atomic E-state index is 11.5. The van der Waals surface area contributed by atoms with Crippen LogP contribution in [0.1, 0.15) is 52.4 Å². The molecule has 1 aliphatic carbocycles. The summed E-state index contributed by atoms with van der Waals surface area (Å²) in [6.07, 6.45) is 6.85. The summed E-state index contributed by atoms with van der Waals surface area (Å²) in [5.74, 6) is 1.60. The summed E-state index contributed by atoms with van der Waals surface area (Å²) in [5.41, 5.74) is 0. The molecule has 0 aliphatic heterocycles. The molecule has 1 saturated carbocycles. The summed E-state index contributed by atoms with van der Waals surface area (Å²) in [5, 5.41) is 0. The van der Waals surface area contributed by atoms with Crippen molar-refractivity contribution in [2.75, 3.05) is 0 Å². The van der Waals surface area contributed by atoms with Crippen LogP contribution in [0.25, 0.3) is 0 Å². The first kappa shape index (κ1) is 9.76. The molecule has 12 heavy (non-hydrogen) atoms. The normalized spacial score (nSPS) is 30.7. The van der Waals surface area contributed by atoms with Gasteiger partial charge in [0.2, 0.25) is 0 Å². The van der Waals surface area contributed by atoms with E-state index in [1.54, 1.807) is 0 Å². The quantitative estimate of drug-likeness (QED) is 0.632. The Morgan fingerprint density at radius 2 is 2.17 bits per heavy atom. The van der Waals surface area contributed by atoms with E-state index in [0.29, 0.717) is 17.6 Å². The molecule has 0 aromatic rings. The van der Waals surface area contributed by atoms with Crippen LogP contribution in [0.2, 0.25) is 0 Å². The van der Waals surface area contributed by atoms with Crippen molar-refractivity contribution in [2.24, 2.45) is 11.8 Å². The highest BCUT2D eigenvalue weighted by molar-refractivity contribution is 5.81. The minimum absolute atomic E-state index is 0.418. The number of unbranched alkanes of at least 4 members (excludes halogenated alkanes) is 1. The smallest absolute Gasteiger partial charge is 0.136 e. The summed E-state index contributed by atoms with van der Waals surface area (Å²) in [7, 11) is 0. The van der Waals surface area contributed by atoms with E-state index in [4.69, 9.17) is 0 Å². The van der Waals surface area contributed by atoms with Crippen molar-refractivity contribution in [1.82, 2.24) is 0 Å². The van der Waals surface area contributed by atoms with Gasteiger partial charge in [0.05, 0.1) is 0 Å². The molecule has 0 bridgehead atoms. The fourth-order valence-electron chi connectivity index (χ4n) is 2.01. The minimum Gasteiger partial charge on any atom is -0.299 e. The van der Waals surface area contributed by atoms with Crippen molar-refractivity contribution >= 4 is 5.78 Å². The molecule has 1 aliphatic rings. The van der Waals surface area contributed by atoms with Gasteiger partial charge in [-0.2, -0.15) is 0 Å². The third kappa shape index (κ3) is 2.62. The van der Waals surface area contributed by atoms with E-state index in [2.05, 4.69) is 13.8 Å². The lowest BCUT2D eigenvalue weighted by Crippen LogP contribution is -2.23. The first-order valence-electron chi connectivity index (χ1n) is 5.26. The van der Waals surface area contributed by atoms with Crippen LogP contribution in [-0.2, 0) is 4.79 Å². The Kier molecular flexibility index (Phi) is 3.77. The minimum atomic E-state index is 0.418. The SMILES string of the molecule is CCCCC1CCC(C)CC1=O. The van der Waals surface area contributed by atoms with Crippen molar-refractivity contribution < 1.29 is 4.79 Å². The van der Waals surface area contributed by atoms with E-state index in [1.807, 2.05) is 0 Å². The number of carbonyl (C=O) groups is 1. The Bertz CT molecular complexity index is 149. The molecule has 0 saturated heterocycles. The van der Waals surface area contributed by atoms with Gasteiger partial charge < -0.3 is 0 Å². The molecule has 70 valence electrons. The Hall–Kier alpha value is -0.330. The zero-order valence-electron chi connectivity index (χ0n) is 8.31. The fourth-order valence-corrected chi connectivity index (χ4v) is 2.01. The largest absolute Gasteiger partial charge is 0.299 e. The van der Waals surface area contributed by atoms with Gasteiger partial charge in [-0.1, -0.05) is 26.7 Å². The van der Waals surface area contributed by atoms with Crippen LogP contribution in [0.4, 0.5) is 0 Å². The van der Waals surface area contributed by atoms with E-state index >= 15 is 0 Å². The first-order valence-corrected chi connectivity index (χ1v) is 5.26. The standard InChI is InChI=1S/C11H20O/c1-3-4-5-10-7-6-9(2)8-11(10)12/h9-10H,3-8H2,1-2H3. The van der Waals surface area contributed by atoms with E-state index in [-0.39, 0.29) is 0 Å². The zero-order valence-corrected chi connectivity index (χ0v) is 8.31. The molecule has 1 fully saturated rings. The molecule has 2 atom stereocenters. The molecule has 0 spiro atoms. The monoisotopic (exact) mass is 168 g/mol. The number of hydrogen-bond acceptors (Lipinski definition) is 1. The predicted octanol–water partition coefficient (Wildman–Crippen LogP) is 3.18. The van der Waals surface area contributed by atoms with Crippen LogP contribution < -0.4 is 0 Å². The molecule has 0 heterocycles. The zero-order chi connectivity index (χ0) is 8.97. The lowest BCUT2D eigenvalue weighted by molar-refractivity contribution is -0.126. The van der Waals surface area contributed by atoms with E-state index < -0.39 is 0 Å². The van der Waals surface area contributed by atoms with Gasteiger partial charge in [0.1, 0.15) is 5.78 Å². The summed E-state index contributed by atoms with van der Waals surface area (Å²) in [4.78, 5) is 11.5. The Morgan fingerprint density at radius 3 is 2.75 bits per heavy atom. The van der Waals surface area contributed by atoms with E-state index in [9.17, 15) is 4.79 Å². The van der Waals surface area contributed by atoms with Crippen LogP contribution in [-0.4, -0.2) is 5.78 Å². The highest BCUT2D eigenvalue weighted by Gasteiger charge is 2.25. The second-order valence-electron chi connectivity index (χ2n) is 4.19. The lowest BCUT2D eigenvalue weighted by atomic mass is 9.80. The van der Waals surface area contributed by atoms with Crippen molar-refractivity contribution in [2.45, 2.75) is 52.4 Å². The molecule has 0 N–H and O–H groups in total. The van der Waals surface area contributed by atoms with Gasteiger partial charge in [0.25, 0.3) is 0 Å². The van der Waals surface area contributed by atoms with Gasteiger partial charge in [-0.25, -0.2) is 0 Å². The first-order chi connectivity index (χ1) is 5.74. The third-order valence-electron chi connectivity index (χ3n) is 2.92. The van der Waals surface area contributed by atoms with Gasteiger partial charge in [0, 0.05) is 12.3 Å². The van der Waals surface area contributed by atoms with Crippen LogP contribution in [0.15, 0.2) is 0 Å². The molecule has 0 amide bonds. The Labute approximate surface area is 75.5 Å². The second kappa shape index (κ2) is 4.64. The number of Topliss-reactive ketones (excluding diaryl/α,β-unsaturated/α-hetero) is 1. The summed E-state index contributed by atoms with van der Waals surface area (Å²) in [6.45, 7) is 4.38. The average molecular weight is 168 g/mol. The molecule has 2 unspecified atom stereocenters. The Balaban J connectivity index is 2.30. The molecule has 1 heteroatoms. The Morgan fingerprint density at radius 1 is 1.42 bits per heavy atom. The molecule has 1 rings (SSSR count). The molecule has 1 nitrogen and oxygen atoms in total. The molecular formula is C11H20O. The van der Waals surface area contributed by atoms with Gasteiger partial charge in [-0.05, 0) is 25.2 Å². The number of ketones is 1. The second-order valence-corrected chi connectivity index (χ2v) is 4.19. The van der Waals surface area contributed by atoms with Crippen molar-refractivity contribution in [3.63, 3.8) is 0 Å². The fraction of sp³-hybridized carbons (Fsp3) is 0.909. The van der Waals surface area contributed by atoms with Gasteiger partial charge in [-0.15, -0.1) is 0 Å². The third-order valence-corrected chi connectivity index (χ3v) is 2.92. The summed E-state index contributed by atoms with van der Waals surface area (Å²) in [6, 6.07) is 0. The van der Waals surface area contributed by atoms with Crippen molar-refractivity contribution in [1.29, 1.82) is 0 Å². The maximum absolute atomic E-state index is 11.5. The summed E-state index contributed by atoms with van der Waals surface area (Å²) < 4.78 is 0. The maximum Gasteiger partial charge on any atom is 0.136 e. The van der Waals surface area contributed by atoms with Crippen LogP contribution in [0, 0.1) is 11.8 Å². The van der Waals surface area contributed by atoms with Gasteiger partial charge in [-0.3, -0.25) is 4.79 Å². The predicted molar refractivity (Wildman–Crippen MR) is 51.0 cm³/mol. The van der Waals surface area contributed by atoms with Crippen molar-refractivity contribution in [3.8, 4) is 0 Å². The lowest BCUT2D eigenvalue weighted by Gasteiger charge is -2.24. The molecular weight excluding hydrogens is 148 g/mol. The van der Waals surface area contributed by atoms with Crippen LogP contribution >= 0.6 is 0 Å². The van der Waals surface area contributed by atoms with Gasteiger partial charge in [0.15, 0.2) is 0 Å². The molecule has 0 radical (unpaired) electrons.